The van der Waals surface area contributed by atoms with Crippen LogP contribution >= 0.6 is 12.0 Å². The van der Waals surface area contributed by atoms with Gasteiger partial charge in [-0.05, 0) is 23.6 Å². The van der Waals surface area contributed by atoms with Crippen molar-refractivity contribution in [1.29, 1.82) is 0 Å². The van der Waals surface area contributed by atoms with Crippen LogP contribution in [0.3, 0.4) is 0 Å². The molecule has 0 aromatic heterocycles. The summed E-state index contributed by atoms with van der Waals surface area (Å²) >= 11 is 0.951. The van der Waals surface area contributed by atoms with E-state index in [0.29, 0.717) is 5.92 Å². The molecule has 0 aliphatic carbocycles. The van der Waals surface area contributed by atoms with Gasteiger partial charge in [0, 0.05) is 4.90 Å². The van der Waals surface area contributed by atoms with Crippen molar-refractivity contribution in [2.45, 2.75) is 24.7 Å². The van der Waals surface area contributed by atoms with Gasteiger partial charge in [0.05, 0.1) is 12.0 Å². The van der Waals surface area contributed by atoms with Crippen LogP contribution in [0, 0.1) is 0 Å². The molecular formula is C9H12O2S. The Hall–Kier alpha value is -0.510. The summed E-state index contributed by atoms with van der Waals surface area (Å²) in [6, 6.07) is 7.92. The third kappa shape index (κ3) is 2.52. The minimum atomic E-state index is 0.541. The standard InChI is InChI=1S/C9H12O2S/c1-7(2)8-3-5-9(6-4-8)12-11-10/h3-7,10H,1-2H3. The van der Waals surface area contributed by atoms with Gasteiger partial charge in [-0.15, -0.1) is 0 Å². The lowest BCUT2D eigenvalue weighted by atomic mass is 10.0. The van der Waals surface area contributed by atoms with Gasteiger partial charge in [-0.1, -0.05) is 26.0 Å². The molecule has 3 heteroatoms. The summed E-state index contributed by atoms with van der Waals surface area (Å²) in [7, 11) is 0. The van der Waals surface area contributed by atoms with Crippen molar-refractivity contribution in [1.82, 2.24) is 0 Å². The lowest BCUT2D eigenvalue weighted by Crippen LogP contribution is -1.85. The minimum Gasteiger partial charge on any atom is -0.239 e. The van der Waals surface area contributed by atoms with Gasteiger partial charge in [0.15, 0.2) is 0 Å². The Kier molecular flexibility index (Phi) is 3.59. The highest BCUT2D eigenvalue weighted by molar-refractivity contribution is 7.94. The lowest BCUT2D eigenvalue weighted by Gasteiger charge is -2.04. The zero-order valence-corrected chi connectivity index (χ0v) is 7.97. The Morgan fingerprint density at radius 1 is 1.25 bits per heavy atom. The average molecular weight is 184 g/mol. The molecule has 0 aliphatic heterocycles. The van der Waals surface area contributed by atoms with Gasteiger partial charge in [0.25, 0.3) is 0 Å². The van der Waals surface area contributed by atoms with Crippen molar-refractivity contribution in [3.05, 3.63) is 29.8 Å². The Morgan fingerprint density at radius 3 is 2.25 bits per heavy atom. The summed E-state index contributed by atoms with van der Waals surface area (Å²) < 4.78 is 3.94. The van der Waals surface area contributed by atoms with Crippen molar-refractivity contribution in [3.63, 3.8) is 0 Å². The molecule has 1 rings (SSSR count). The van der Waals surface area contributed by atoms with E-state index in [0.717, 1.165) is 16.9 Å². The maximum absolute atomic E-state index is 8.16. The fraction of sp³-hybridized carbons (Fsp3) is 0.333. The number of hydrogen-bond donors (Lipinski definition) is 1. The van der Waals surface area contributed by atoms with Crippen molar-refractivity contribution in [2.75, 3.05) is 0 Å². The first-order valence-corrected chi connectivity index (χ1v) is 4.56. The average Bonchev–Trinajstić information content (AvgIpc) is 2.06. The van der Waals surface area contributed by atoms with E-state index in [1.807, 2.05) is 24.3 Å². The molecular weight excluding hydrogens is 172 g/mol. The Morgan fingerprint density at radius 2 is 1.83 bits per heavy atom. The molecule has 0 spiro atoms. The summed E-state index contributed by atoms with van der Waals surface area (Å²) in [5.74, 6) is 0.541. The minimum absolute atomic E-state index is 0.541. The van der Waals surface area contributed by atoms with Crippen LogP contribution in [0.4, 0.5) is 0 Å². The molecule has 0 saturated carbocycles. The maximum Gasteiger partial charge on any atom is 0.0679 e. The highest BCUT2D eigenvalue weighted by Crippen LogP contribution is 2.21. The fourth-order valence-electron chi connectivity index (χ4n) is 0.951. The largest absolute Gasteiger partial charge is 0.239 e. The van der Waals surface area contributed by atoms with Gasteiger partial charge in [-0.2, -0.15) is 4.33 Å². The topological polar surface area (TPSA) is 29.5 Å². The van der Waals surface area contributed by atoms with Gasteiger partial charge in [-0.25, -0.2) is 5.26 Å². The first-order valence-electron chi connectivity index (χ1n) is 3.82. The molecule has 0 radical (unpaired) electrons. The number of rotatable bonds is 3. The van der Waals surface area contributed by atoms with Gasteiger partial charge >= 0.3 is 0 Å². The predicted octanol–water partition coefficient (Wildman–Crippen LogP) is 3.31. The van der Waals surface area contributed by atoms with Crippen LogP contribution in [0.2, 0.25) is 0 Å². The van der Waals surface area contributed by atoms with Crippen LogP contribution in [-0.4, -0.2) is 5.26 Å². The summed E-state index contributed by atoms with van der Waals surface area (Å²) in [6.45, 7) is 4.29. The highest BCUT2D eigenvalue weighted by atomic mass is 32.2. The highest BCUT2D eigenvalue weighted by Gasteiger charge is 1.98. The van der Waals surface area contributed by atoms with E-state index in [4.69, 9.17) is 5.26 Å². The first kappa shape index (κ1) is 9.58. The molecule has 0 unspecified atom stereocenters. The molecule has 1 N–H and O–H groups in total. The monoisotopic (exact) mass is 184 g/mol. The van der Waals surface area contributed by atoms with Crippen LogP contribution in [0.25, 0.3) is 0 Å². The van der Waals surface area contributed by atoms with Crippen LogP contribution in [0.5, 0.6) is 0 Å². The zero-order valence-electron chi connectivity index (χ0n) is 7.15. The van der Waals surface area contributed by atoms with Gasteiger partial charge in [0.1, 0.15) is 0 Å². The van der Waals surface area contributed by atoms with Crippen molar-refractivity contribution >= 4 is 12.0 Å². The lowest BCUT2D eigenvalue weighted by molar-refractivity contribution is -0.116. The third-order valence-electron chi connectivity index (χ3n) is 1.68. The van der Waals surface area contributed by atoms with Gasteiger partial charge < -0.3 is 0 Å². The predicted molar refractivity (Wildman–Crippen MR) is 50.1 cm³/mol. The van der Waals surface area contributed by atoms with E-state index >= 15 is 0 Å². The smallest absolute Gasteiger partial charge is 0.0679 e. The molecule has 0 aliphatic rings. The second kappa shape index (κ2) is 4.50. The van der Waals surface area contributed by atoms with E-state index < -0.39 is 0 Å². The van der Waals surface area contributed by atoms with Crippen LogP contribution in [0.1, 0.15) is 25.3 Å². The molecule has 0 saturated heterocycles. The summed E-state index contributed by atoms with van der Waals surface area (Å²) in [4.78, 5) is 0.905. The van der Waals surface area contributed by atoms with E-state index in [1.54, 1.807) is 0 Å². The van der Waals surface area contributed by atoms with Gasteiger partial charge in [-0.3, -0.25) is 0 Å². The normalized spacial score (nSPS) is 10.7. The molecule has 12 heavy (non-hydrogen) atoms. The Bertz CT molecular complexity index is 231. The van der Waals surface area contributed by atoms with E-state index in [9.17, 15) is 0 Å². The van der Waals surface area contributed by atoms with Crippen molar-refractivity contribution < 1.29 is 9.59 Å². The van der Waals surface area contributed by atoms with E-state index in [1.165, 1.54) is 5.56 Å². The summed E-state index contributed by atoms with van der Waals surface area (Å²) in [5, 5.41) is 8.16. The molecule has 0 fully saturated rings. The second-order valence-electron chi connectivity index (χ2n) is 2.88. The molecule has 0 heterocycles. The summed E-state index contributed by atoms with van der Waals surface area (Å²) in [6.07, 6.45) is 0. The molecule has 0 atom stereocenters. The summed E-state index contributed by atoms with van der Waals surface area (Å²) in [5.41, 5.74) is 1.29. The third-order valence-corrected chi connectivity index (χ3v) is 2.22. The molecule has 2 nitrogen and oxygen atoms in total. The quantitative estimate of drug-likeness (QED) is 0.444. The number of hydrogen-bond acceptors (Lipinski definition) is 3. The molecule has 1 aromatic rings. The van der Waals surface area contributed by atoms with E-state index in [-0.39, 0.29) is 0 Å². The second-order valence-corrected chi connectivity index (χ2v) is 3.67. The Labute approximate surface area is 76.7 Å². The maximum atomic E-state index is 8.16. The SMILES string of the molecule is CC(C)c1ccc(SOO)cc1. The fourth-order valence-corrected chi connectivity index (χ4v) is 1.28. The van der Waals surface area contributed by atoms with Gasteiger partial charge in [0.2, 0.25) is 0 Å². The van der Waals surface area contributed by atoms with E-state index in [2.05, 4.69) is 18.2 Å². The Balaban J connectivity index is 2.71. The van der Waals surface area contributed by atoms with Crippen molar-refractivity contribution in [2.24, 2.45) is 0 Å². The molecule has 0 amide bonds. The van der Waals surface area contributed by atoms with Crippen LogP contribution < -0.4 is 0 Å². The van der Waals surface area contributed by atoms with Crippen LogP contribution in [0.15, 0.2) is 29.2 Å². The zero-order chi connectivity index (χ0) is 8.97. The molecule has 1 aromatic carbocycles. The number of benzene rings is 1. The first-order chi connectivity index (χ1) is 5.74. The molecule has 66 valence electrons. The van der Waals surface area contributed by atoms with Crippen molar-refractivity contribution in [3.8, 4) is 0 Å². The molecule has 0 bridgehead atoms. The van der Waals surface area contributed by atoms with Crippen LogP contribution in [-0.2, 0) is 4.33 Å².